The third-order valence-corrected chi connectivity index (χ3v) is 2.75. The lowest BCUT2D eigenvalue weighted by Gasteiger charge is -2.06. The first kappa shape index (κ1) is 16.2. The fourth-order valence-electron chi connectivity index (χ4n) is 1.71. The number of benzene rings is 1. The zero-order valence-electron chi connectivity index (χ0n) is 11.9. The second-order valence-electron chi connectivity index (χ2n) is 4.46. The van der Waals surface area contributed by atoms with Gasteiger partial charge in [-0.05, 0) is 18.4 Å². The van der Waals surface area contributed by atoms with E-state index in [1.807, 2.05) is 30.3 Å². The number of hydrogen-bond donors (Lipinski definition) is 2. The third kappa shape index (κ3) is 7.53. The van der Waals surface area contributed by atoms with Crippen molar-refractivity contribution in [2.45, 2.75) is 19.3 Å². The molecule has 0 saturated carbocycles. The monoisotopic (exact) mass is 278 g/mol. The first-order valence-corrected chi connectivity index (χ1v) is 6.78. The first-order chi connectivity index (χ1) is 9.72. The summed E-state index contributed by atoms with van der Waals surface area (Å²) >= 11 is 0. The molecule has 0 fully saturated rings. The minimum atomic E-state index is -0.252. The third-order valence-electron chi connectivity index (χ3n) is 2.75. The van der Waals surface area contributed by atoms with Crippen LogP contribution in [-0.2, 0) is 20.7 Å². The van der Waals surface area contributed by atoms with Crippen LogP contribution in [0.25, 0.3) is 0 Å². The molecule has 0 unspecified atom stereocenters. The molecule has 0 atom stereocenters. The molecule has 0 aliphatic carbocycles. The maximum atomic E-state index is 11.5. The Bertz CT molecular complexity index is 407. The zero-order valence-corrected chi connectivity index (χ0v) is 11.9. The zero-order chi connectivity index (χ0) is 14.6. The summed E-state index contributed by atoms with van der Waals surface area (Å²) in [6.45, 7) is 1.67. The summed E-state index contributed by atoms with van der Waals surface area (Å²) in [4.78, 5) is 23.0. The molecule has 5 nitrogen and oxygen atoms in total. The van der Waals surface area contributed by atoms with Crippen LogP contribution < -0.4 is 10.6 Å². The maximum absolute atomic E-state index is 11.5. The van der Waals surface area contributed by atoms with Crippen molar-refractivity contribution in [2.24, 2.45) is 0 Å². The second kappa shape index (κ2) is 9.97. The molecule has 0 heterocycles. The van der Waals surface area contributed by atoms with Crippen molar-refractivity contribution < 1.29 is 14.3 Å². The average molecular weight is 278 g/mol. The number of amides is 2. The van der Waals surface area contributed by atoms with E-state index in [0.29, 0.717) is 19.7 Å². The summed E-state index contributed by atoms with van der Waals surface area (Å²) in [7, 11) is 1.61. The van der Waals surface area contributed by atoms with E-state index >= 15 is 0 Å². The van der Waals surface area contributed by atoms with E-state index in [2.05, 4.69) is 10.6 Å². The number of ether oxygens (including phenoxy) is 1. The highest BCUT2D eigenvalue weighted by atomic mass is 16.5. The van der Waals surface area contributed by atoms with E-state index in [4.69, 9.17) is 4.74 Å². The predicted octanol–water partition coefficient (Wildman–Crippen LogP) is 0.888. The van der Waals surface area contributed by atoms with Crippen molar-refractivity contribution in [3.63, 3.8) is 0 Å². The summed E-state index contributed by atoms with van der Waals surface area (Å²) in [5.74, 6) is -0.497. The van der Waals surface area contributed by atoms with Crippen molar-refractivity contribution in [3.8, 4) is 0 Å². The Balaban J connectivity index is 2.09. The van der Waals surface area contributed by atoms with Crippen molar-refractivity contribution in [3.05, 3.63) is 35.9 Å². The number of methoxy groups -OCH3 is 1. The molecule has 20 heavy (non-hydrogen) atoms. The Hall–Kier alpha value is -1.88. The normalized spacial score (nSPS) is 10.1. The number of carbonyl (C=O) groups excluding carboxylic acids is 2. The molecule has 1 rings (SSSR count). The molecule has 0 saturated heterocycles. The minimum absolute atomic E-state index is 0.123. The molecular weight excluding hydrogens is 256 g/mol. The van der Waals surface area contributed by atoms with Crippen LogP contribution in [0.1, 0.15) is 18.4 Å². The smallest absolute Gasteiger partial charge is 0.229 e. The van der Waals surface area contributed by atoms with Crippen LogP contribution in [0.4, 0.5) is 0 Å². The van der Waals surface area contributed by atoms with Crippen molar-refractivity contribution in [1.82, 2.24) is 10.6 Å². The highest BCUT2D eigenvalue weighted by Gasteiger charge is 2.07. The standard InChI is InChI=1S/C15H22N2O3/c1-20-11-5-9-16-14(18)12-15(19)17-10-8-13-6-3-2-4-7-13/h2-4,6-7H,5,8-12H2,1H3,(H,16,18)(H,17,19). The Morgan fingerprint density at radius 3 is 2.35 bits per heavy atom. The van der Waals surface area contributed by atoms with Gasteiger partial charge in [0.1, 0.15) is 6.42 Å². The molecule has 1 aromatic carbocycles. The molecular formula is C15H22N2O3. The molecule has 5 heteroatoms. The number of nitrogens with one attached hydrogen (secondary N) is 2. The number of carbonyl (C=O) groups is 2. The lowest BCUT2D eigenvalue weighted by Crippen LogP contribution is -2.33. The van der Waals surface area contributed by atoms with Crippen LogP contribution in [-0.4, -0.2) is 38.6 Å². The van der Waals surface area contributed by atoms with E-state index in [9.17, 15) is 9.59 Å². The SMILES string of the molecule is COCCCNC(=O)CC(=O)NCCc1ccccc1. The lowest BCUT2D eigenvalue weighted by atomic mass is 10.1. The molecule has 110 valence electrons. The molecule has 2 N–H and O–H groups in total. The van der Waals surface area contributed by atoms with Crippen molar-refractivity contribution >= 4 is 11.8 Å². The fourth-order valence-corrected chi connectivity index (χ4v) is 1.71. The van der Waals surface area contributed by atoms with E-state index in [0.717, 1.165) is 18.4 Å². The van der Waals surface area contributed by atoms with Gasteiger partial charge in [0, 0.05) is 26.8 Å². The van der Waals surface area contributed by atoms with Gasteiger partial charge in [0.15, 0.2) is 0 Å². The molecule has 1 aromatic rings. The highest BCUT2D eigenvalue weighted by molar-refractivity contribution is 5.96. The predicted molar refractivity (Wildman–Crippen MR) is 77.3 cm³/mol. The van der Waals surface area contributed by atoms with Gasteiger partial charge < -0.3 is 15.4 Å². The van der Waals surface area contributed by atoms with Gasteiger partial charge in [0.05, 0.1) is 0 Å². The van der Waals surface area contributed by atoms with Gasteiger partial charge in [0.25, 0.3) is 0 Å². The summed E-state index contributed by atoms with van der Waals surface area (Å²) < 4.78 is 4.87. The minimum Gasteiger partial charge on any atom is -0.385 e. The summed E-state index contributed by atoms with van der Waals surface area (Å²) in [6.07, 6.45) is 1.39. The topological polar surface area (TPSA) is 67.4 Å². The summed E-state index contributed by atoms with van der Waals surface area (Å²) in [5.41, 5.74) is 1.16. The Morgan fingerprint density at radius 2 is 1.70 bits per heavy atom. The number of hydrogen-bond acceptors (Lipinski definition) is 3. The molecule has 0 aliphatic rings. The maximum Gasteiger partial charge on any atom is 0.229 e. The van der Waals surface area contributed by atoms with Gasteiger partial charge in [0.2, 0.25) is 11.8 Å². The average Bonchev–Trinajstić information content (AvgIpc) is 2.45. The van der Waals surface area contributed by atoms with E-state index in [-0.39, 0.29) is 18.2 Å². The highest BCUT2D eigenvalue weighted by Crippen LogP contribution is 1.98. The van der Waals surface area contributed by atoms with Crippen LogP contribution in [0, 0.1) is 0 Å². The molecule has 0 bridgehead atoms. The molecule has 0 radical (unpaired) electrons. The fraction of sp³-hybridized carbons (Fsp3) is 0.467. The van der Waals surface area contributed by atoms with Crippen LogP contribution in [0.15, 0.2) is 30.3 Å². The van der Waals surface area contributed by atoms with E-state index in [1.165, 1.54) is 0 Å². The van der Waals surface area contributed by atoms with E-state index < -0.39 is 0 Å². The Kier molecular flexibility index (Phi) is 8.07. The van der Waals surface area contributed by atoms with Crippen molar-refractivity contribution in [1.29, 1.82) is 0 Å². The first-order valence-electron chi connectivity index (χ1n) is 6.78. The Labute approximate surface area is 119 Å². The van der Waals surface area contributed by atoms with Crippen LogP contribution >= 0.6 is 0 Å². The van der Waals surface area contributed by atoms with Gasteiger partial charge >= 0.3 is 0 Å². The van der Waals surface area contributed by atoms with E-state index in [1.54, 1.807) is 7.11 Å². The van der Waals surface area contributed by atoms with Gasteiger partial charge in [-0.15, -0.1) is 0 Å². The van der Waals surface area contributed by atoms with Crippen LogP contribution in [0.2, 0.25) is 0 Å². The van der Waals surface area contributed by atoms with Crippen molar-refractivity contribution in [2.75, 3.05) is 26.8 Å². The summed E-state index contributed by atoms with van der Waals surface area (Å²) in [6, 6.07) is 9.90. The second-order valence-corrected chi connectivity index (χ2v) is 4.46. The largest absolute Gasteiger partial charge is 0.385 e. The molecule has 0 aromatic heterocycles. The summed E-state index contributed by atoms with van der Waals surface area (Å²) in [5, 5.41) is 5.42. The van der Waals surface area contributed by atoms with Gasteiger partial charge in [-0.1, -0.05) is 30.3 Å². The van der Waals surface area contributed by atoms with Crippen LogP contribution in [0.3, 0.4) is 0 Å². The molecule has 0 aliphatic heterocycles. The quantitative estimate of drug-likeness (QED) is 0.521. The lowest BCUT2D eigenvalue weighted by molar-refractivity contribution is -0.129. The Morgan fingerprint density at radius 1 is 1.05 bits per heavy atom. The molecule has 2 amide bonds. The van der Waals surface area contributed by atoms with Gasteiger partial charge in [-0.2, -0.15) is 0 Å². The van der Waals surface area contributed by atoms with Crippen LogP contribution in [0.5, 0.6) is 0 Å². The number of rotatable bonds is 9. The molecule has 0 spiro atoms. The van der Waals surface area contributed by atoms with Gasteiger partial charge in [-0.3, -0.25) is 9.59 Å². The van der Waals surface area contributed by atoms with Gasteiger partial charge in [-0.25, -0.2) is 0 Å².